The molecule has 0 saturated carbocycles. The van der Waals surface area contributed by atoms with Crippen molar-refractivity contribution in [3.05, 3.63) is 35.9 Å². The average Bonchev–Trinajstić information content (AvgIpc) is 2.93. The molecule has 2 N–H and O–H groups in total. The first-order chi connectivity index (χ1) is 10.7. The normalized spacial score (nSPS) is 24.8. The SMILES string of the molecule is CC(C(=O)N1CCCC1CC(O)c1ccccc1)C1CNC1. The Morgan fingerprint density at radius 1 is 1.36 bits per heavy atom. The monoisotopic (exact) mass is 302 g/mol. The largest absolute Gasteiger partial charge is 0.388 e. The lowest BCUT2D eigenvalue weighted by Gasteiger charge is -2.36. The summed E-state index contributed by atoms with van der Waals surface area (Å²) in [6, 6.07) is 9.93. The van der Waals surface area contributed by atoms with E-state index in [2.05, 4.69) is 12.2 Å². The third-order valence-electron chi connectivity index (χ3n) is 5.25. The van der Waals surface area contributed by atoms with Crippen LogP contribution in [0.4, 0.5) is 0 Å². The molecule has 4 nitrogen and oxygen atoms in total. The Kier molecular flexibility index (Phi) is 4.79. The van der Waals surface area contributed by atoms with Crippen molar-refractivity contribution in [1.29, 1.82) is 0 Å². The highest BCUT2D eigenvalue weighted by Crippen LogP contribution is 2.30. The summed E-state index contributed by atoms with van der Waals surface area (Å²) in [6.45, 7) is 4.81. The van der Waals surface area contributed by atoms with E-state index in [9.17, 15) is 9.90 Å². The molecule has 2 aliphatic rings. The van der Waals surface area contributed by atoms with Crippen LogP contribution in [0, 0.1) is 11.8 Å². The molecule has 3 unspecified atom stereocenters. The van der Waals surface area contributed by atoms with Crippen molar-refractivity contribution in [2.75, 3.05) is 19.6 Å². The number of carbonyl (C=O) groups excluding carboxylic acids is 1. The van der Waals surface area contributed by atoms with Crippen LogP contribution in [0.1, 0.15) is 37.9 Å². The minimum absolute atomic E-state index is 0.0933. The van der Waals surface area contributed by atoms with Gasteiger partial charge in [-0.15, -0.1) is 0 Å². The molecule has 4 heteroatoms. The van der Waals surface area contributed by atoms with Gasteiger partial charge >= 0.3 is 0 Å². The quantitative estimate of drug-likeness (QED) is 0.874. The first kappa shape index (κ1) is 15.5. The number of aliphatic hydroxyl groups is 1. The van der Waals surface area contributed by atoms with Gasteiger partial charge < -0.3 is 15.3 Å². The molecule has 1 aromatic carbocycles. The molecule has 22 heavy (non-hydrogen) atoms. The van der Waals surface area contributed by atoms with Crippen LogP contribution < -0.4 is 5.32 Å². The van der Waals surface area contributed by atoms with Crippen molar-refractivity contribution in [1.82, 2.24) is 10.2 Å². The van der Waals surface area contributed by atoms with Gasteiger partial charge in [0.2, 0.25) is 5.91 Å². The Balaban J connectivity index is 1.61. The first-order valence-corrected chi connectivity index (χ1v) is 8.41. The molecule has 1 aromatic rings. The molecule has 2 heterocycles. The van der Waals surface area contributed by atoms with Crippen molar-refractivity contribution in [2.45, 2.75) is 38.3 Å². The standard InChI is InChI=1S/C18H26N2O2/c1-13(15-11-19-12-15)18(22)20-9-5-8-16(20)10-17(21)14-6-3-2-4-7-14/h2-4,6-7,13,15-17,19,21H,5,8-12H2,1H3. The summed E-state index contributed by atoms with van der Waals surface area (Å²) in [6.07, 6.45) is 2.21. The molecule has 1 amide bonds. The molecule has 2 fully saturated rings. The number of hydrogen-bond donors (Lipinski definition) is 2. The van der Waals surface area contributed by atoms with E-state index in [-0.39, 0.29) is 17.9 Å². The van der Waals surface area contributed by atoms with Gasteiger partial charge in [0.25, 0.3) is 0 Å². The fourth-order valence-electron chi connectivity index (χ4n) is 3.57. The molecule has 3 atom stereocenters. The number of likely N-dealkylation sites (tertiary alicyclic amines) is 1. The van der Waals surface area contributed by atoms with Crippen LogP contribution >= 0.6 is 0 Å². The molecule has 0 radical (unpaired) electrons. The lowest BCUT2D eigenvalue weighted by atomic mass is 9.87. The van der Waals surface area contributed by atoms with Crippen molar-refractivity contribution in [3.63, 3.8) is 0 Å². The van der Waals surface area contributed by atoms with Gasteiger partial charge in [-0.2, -0.15) is 0 Å². The molecule has 0 aliphatic carbocycles. The van der Waals surface area contributed by atoms with Crippen LogP contribution in [0.15, 0.2) is 30.3 Å². The fourth-order valence-corrected chi connectivity index (χ4v) is 3.57. The van der Waals surface area contributed by atoms with Crippen LogP contribution in [-0.2, 0) is 4.79 Å². The summed E-state index contributed by atoms with van der Waals surface area (Å²) >= 11 is 0. The minimum atomic E-state index is -0.486. The third kappa shape index (κ3) is 3.18. The van der Waals surface area contributed by atoms with E-state index in [0.29, 0.717) is 12.3 Å². The molecule has 0 aromatic heterocycles. The van der Waals surface area contributed by atoms with E-state index in [0.717, 1.165) is 38.0 Å². The highest BCUT2D eigenvalue weighted by Gasteiger charge is 2.37. The number of benzene rings is 1. The Bertz CT molecular complexity index is 501. The lowest BCUT2D eigenvalue weighted by Crippen LogP contribution is -2.51. The van der Waals surface area contributed by atoms with Crippen molar-refractivity contribution >= 4 is 5.91 Å². The number of nitrogens with one attached hydrogen (secondary N) is 1. The minimum Gasteiger partial charge on any atom is -0.388 e. The van der Waals surface area contributed by atoms with Crippen LogP contribution in [0.2, 0.25) is 0 Å². The van der Waals surface area contributed by atoms with E-state index in [1.165, 1.54) is 0 Å². The van der Waals surface area contributed by atoms with E-state index in [4.69, 9.17) is 0 Å². The first-order valence-electron chi connectivity index (χ1n) is 8.41. The summed E-state index contributed by atoms with van der Waals surface area (Å²) in [7, 11) is 0. The predicted molar refractivity (Wildman–Crippen MR) is 86.3 cm³/mol. The molecule has 0 bridgehead atoms. The second-order valence-corrected chi connectivity index (χ2v) is 6.70. The molecule has 0 spiro atoms. The summed E-state index contributed by atoms with van der Waals surface area (Å²) in [4.78, 5) is 14.7. The van der Waals surface area contributed by atoms with Crippen LogP contribution in [0.5, 0.6) is 0 Å². The second kappa shape index (κ2) is 6.80. The highest BCUT2D eigenvalue weighted by molar-refractivity contribution is 5.79. The highest BCUT2D eigenvalue weighted by atomic mass is 16.3. The summed E-state index contributed by atoms with van der Waals surface area (Å²) in [5.41, 5.74) is 0.943. The molecule has 2 saturated heterocycles. The molecular formula is C18H26N2O2. The number of carbonyl (C=O) groups is 1. The Labute approximate surface area is 132 Å². The zero-order chi connectivity index (χ0) is 15.5. The van der Waals surface area contributed by atoms with E-state index < -0.39 is 6.10 Å². The van der Waals surface area contributed by atoms with Crippen molar-refractivity contribution < 1.29 is 9.90 Å². The Hall–Kier alpha value is -1.39. The molecule has 2 aliphatic heterocycles. The van der Waals surface area contributed by atoms with Gasteiger partial charge in [0, 0.05) is 18.5 Å². The zero-order valence-corrected chi connectivity index (χ0v) is 13.2. The molecular weight excluding hydrogens is 276 g/mol. The van der Waals surface area contributed by atoms with E-state index in [1.54, 1.807) is 0 Å². The van der Waals surface area contributed by atoms with Crippen LogP contribution in [0.25, 0.3) is 0 Å². The Morgan fingerprint density at radius 2 is 2.09 bits per heavy atom. The van der Waals surface area contributed by atoms with E-state index in [1.807, 2.05) is 35.2 Å². The lowest BCUT2D eigenvalue weighted by molar-refractivity contribution is -0.138. The summed E-state index contributed by atoms with van der Waals surface area (Å²) in [5, 5.41) is 13.7. The molecule has 120 valence electrons. The van der Waals surface area contributed by atoms with Crippen LogP contribution in [-0.4, -0.2) is 41.6 Å². The Morgan fingerprint density at radius 3 is 2.73 bits per heavy atom. The van der Waals surface area contributed by atoms with Gasteiger partial charge in [-0.1, -0.05) is 37.3 Å². The predicted octanol–water partition coefficient (Wildman–Crippen LogP) is 1.96. The average molecular weight is 302 g/mol. The van der Waals surface area contributed by atoms with Gasteiger partial charge in [0.05, 0.1) is 6.10 Å². The second-order valence-electron chi connectivity index (χ2n) is 6.70. The van der Waals surface area contributed by atoms with Gasteiger partial charge in [0.15, 0.2) is 0 Å². The number of aliphatic hydroxyl groups excluding tert-OH is 1. The smallest absolute Gasteiger partial charge is 0.226 e. The van der Waals surface area contributed by atoms with Gasteiger partial charge in [-0.3, -0.25) is 4.79 Å². The van der Waals surface area contributed by atoms with Gasteiger partial charge in [-0.05, 0) is 43.8 Å². The number of amides is 1. The number of nitrogens with zero attached hydrogens (tertiary/aromatic N) is 1. The maximum Gasteiger partial charge on any atom is 0.226 e. The topological polar surface area (TPSA) is 52.6 Å². The zero-order valence-electron chi connectivity index (χ0n) is 13.2. The molecule has 3 rings (SSSR count). The number of hydrogen-bond acceptors (Lipinski definition) is 3. The summed E-state index contributed by atoms with van der Waals surface area (Å²) in [5.74, 6) is 0.845. The third-order valence-corrected chi connectivity index (χ3v) is 5.25. The van der Waals surface area contributed by atoms with Crippen molar-refractivity contribution in [2.24, 2.45) is 11.8 Å². The van der Waals surface area contributed by atoms with E-state index >= 15 is 0 Å². The number of rotatable bonds is 5. The van der Waals surface area contributed by atoms with Crippen LogP contribution in [0.3, 0.4) is 0 Å². The fraction of sp³-hybridized carbons (Fsp3) is 0.611. The maximum atomic E-state index is 12.7. The maximum absolute atomic E-state index is 12.7. The van der Waals surface area contributed by atoms with Crippen molar-refractivity contribution in [3.8, 4) is 0 Å². The van der Waals surface area contributed by atoms with Gasteiger partial charge in [0.1, 0.15) is 0 Å². The summed E-state index contributed by atoms with van der Waals surface area (Å²) < 4.78 is 0. The van der Waals surface area contributed by atoms with Gasteiger partial charge in [-0.25, -0.2) is 0 Å².